The summed E-state index contributed by atoms with van der Waals surface area (Å²) in [7, 11) is 1.67. The Bertz CT molecular complexity index is 904. The van der Waals surface area contributed by atoms with Gasteiger partial charge in [0, 0.05) is 18.8 Å². The molecule has 1 aliphatic heterocycles. The van der Waals surface area contributed by atoms with Gasteiger partial charge in [0.05, 0.1) is 19.1 Å². The van der Waals surface area contributed by atoms with Crippen molar-refractivity contribution < 1.29 is 14.3 Å². The highest BCUT2D eigenvalue weighted by atomic mass is 16.5. The Hall–Kier alpha value is -2.53. The van der Waals surface area contributed by atoms with Crippen LogP contribution in [0.1, 0.15) is 63.9 Å². The monoisotopic (exact) mass is 464 g/mol. The summed E-state index contributed by atoms with van der Waals surface area (Å²) in [6.07, 6.45) is 8.80. The van der Waals surface area contributed by atoms with E-state index in [4.69, 9.17) is 9.47 Å². The molecule has 1 saturated heterocycles. The maximum atomic E-state index is 13.5. The molecule has 1 amide bonds. The van der Waals surface area contributed by atoms with Crippen LogP contribution < -0.4 is 14.8 Å². The lowest BCUT2D eigenvalue weighted by molar-refractivity contribution is -0.122. The molecule has 2 fully saturated rings. The lowest BCUT2D eigenvalue weighted by Gasteiger charge is -2.36. The van der Waals surface area contributed by atoms with Crippen LogP contribution >= 0.6 is 0 Å². The minimum absolute atomic E-state index is 0.0850. The van der Waals surface area contributed by atoms with Gasteiger partial charge in [-0.25, -0.2) is 0 Å². The molecule has 1 heterocycles. The first-order valence-electron chi connectivity index (χ1n) is 13.0. The SMILES string of the molecule is COc1ccc(C2(C(=O)Nc3ccc(OCCCN4CCCC(C)C4)cc3)CCCCC2)cc1. The number of anilines is 1. The van der Waals surface area contributed by atoms with Gasteiger partial charge in [-0.1, -0.05) is 38.3 Å². The van der Waals surface area contributed by atoms with Gasteiger partial charge in [0.2, 0.25) is 5.91 Å². The highest BCUT2D eigenvalue weighted by Gasteiger charge is 2.41. The summed E-state index contributed by atoms with van der Waals surface area (Å²) < 4.78 is 11.3. The molecule has 0 radical (unpaired) electrons. The number of carbonyl (C=O) groups is 1. The van der Waals surface area contributed by atoms with Crippen LogP contribution in [0.5, 0.6) is 11.5 Å². The second-order valence-electron chi connectivity index (χ2n) is 10.1. The molecule has 1 aliphatic carbocycles. The molecule has 1 saturated carbocycles. The van der Waals surface area contributed by atoms with Crippen LogP contribution in [0.2, 0.25) is 0 Å². The highest BCUT2D eigenvalue weighted by molar-refractivity contribution is 5.99. The second-order valence-corrected chi connectivity index (χ2v) is 10.1. The average molecular weight is 465 g/mol. The molecule has 5 nitrogen and oxygen atoms in total. The molecule has 0 bridgehead atoms. The summed E-state index contributed by atoms with van der Waals surface area (Å²) in [5.41, 5.74) is 1.41. The largest absolute Gasteiger partial charge is 0.497 e. The summed E-state index contributed by atoms with van der Waals surface area (Å²) in [5, 5.41) is 3.19. The lowest BCUT2D eigenvalue weighted by atomic mass is 9.68. The van der Waals surface area contributed by atoms with E-state index in [9.17, 15) is 4.79 Å². The fraction of sp³-hybridized carbons (Fsp3) is 0.552. The molecule has 0 spiro atoms. The van der Waals surface area contributed by atoms with Gasteiger partial charge >= 0.3 is 0 Å². The molecule has 4 rings (SSSR count). The van der Waals surface area contributed by atoms with Crippen molar-refractivity contribution in [3.8, 4) is 11.5 Å². The summed E-state index contributed by atoms with van der Waals surface area (Å²) in [5.74, 6) is 2.57. The predicted molar refractivity (Wildman–Crippen MR) is 138 cm³/mol. The van der Waals surface area contributed by atoms with Gasteiger partial charge in [-0.3, -0.25) is 4.79 Å². The Kier molecular flexibility index (Phi) is 8.49. The summed E-state index contributed by atoms with van der Waals surface area (Å²) in [6, 6.07) is 15.8. The van der Waals surface area contributed by atoms with Crippen LogP contribution in [0.25, 0.3) is 0 Å². The Morgan fingerprint density at radius 2 is 1.71 bits per heavy atom. The number of hydrogen-bond donors (Lipinski definition) is 1. The number of benzene rings is 2. The summed E-state index contributed by atoms with van der Waals surface area (Å²) >= 11 is 0. The number of ether oxygens (including phenoxy) is 2. The zero-order valence-corrected chi connectivity index (χ0v) is 20.9. The molecule has 2 aliphatic rings. The van der Waals surface area contributed by atoms with Crippen LogP contribution in [-0.2, 0) is 10.2 Å². The van der Waals surface area contributed by atoms with Crippen LogP contribution in [0, 0.1) is 5.92 Å². The van der Waals surface area contributed by atoms with E-state index in [2.05, 4.69) is 17.1 Å². The average Bonchev–Trinajstić information content (AvgIpc) is 2.88. The van der Waals surface area contributed by atoms with Crippen molar-refractivity contribution in [2.75, 3.05) is 38.7 Å². The molecule has 0 aromatic heterocycles. The van der Waals surface area contributed by atoms with E-state index < -0.39 is 5.41 Å². The van der Waals surface area contributed by atoms with Gasteiger partial charge in [0.15, 0.2) is 0 Å². The predicted octanol–water partition coefficient (Wildman–Crippen LogP) is 6.04. The number of rotatable bonds is 9. The zero-order valence-electron chi connectivity index (χ0n) is 20.9. The van der Waals surface area contributed by atoms with Crippen molar-refractivity contribution in [1.29, 1.82) is 0 Å². The number of amides is 1. The molecule has 2 aromatic rings. The molecule has 1 N–H and O–H groups in total. The highest BCUT2D eigenvalue weighted by Crippen LogP contribution is 2.41. The quantitative estimate of drug-likeness (QED) is 0.460. The van der Waals surface area contributed by atoms with E-state index >= 15 is 0 Å². The van der Waals surface area contributed by atoms with Gasteiger partial charge in [-0.05, 0) is 86.5 Å². The topological polar surface area (TPSA) is 50.8 Å². The number of likely N-dealkylation sites (tertiary alicyclic amines) is 1. The normalized spacial score (nSPS) is 20.5. The molecule has 1 atom stereocenters. The summed E-state index contributed by atoms with van der Waals surface area (Å²) in [6.45, 7) is 6.60. The Morgan fingerprint density at radius 1 is 1.00 bits per heavy atom. The van der Waals surface area contributed by atoms with Crippen LogP contribution in [0.3, 0.4) is 0 Å². The number of nitrogens with zero attached hydrogens (tertiary/aromatic N) is 1. The van der Waals surface area contributed by atoms with Crippen molar-refractivity contribution in [2.45, 2.75) is 63.7 Å². The van der Waals surface area contributed by atoms with Gasteiger partial charge in [-0.15, -0.1) is 0 Å². The van der Waals surface area contributed by atoms with Crippen LogP contribution in [0.4, 0.5) is 5.69 Å². The fourth-order valence-electron chi connectivity index (χ4n) is 5.57. The minimum atomic E-state index is -0.481. The van der Waals surface area contributed by atoms with Crippen molar-refractivity contribution in [3.63, 3.8) is 0 Å². The molecular formula is C29H40N2O3. The van der Waals surface area contributed by atoms with E-state index in [1.54, 1.807) is 7.11 Å². The first-order chi connectivity index (χ1) is 16.6. The maximum Gasteiger partial charge on any atom is 0.235 e. The third-order valence-electron chi connectivity index (χ3n) is 7.53. The van der Waals surface area contributed by atoms with Crippen LogP contribution in [0.15, 0.2) is 48.5 Å². The van der Waals surface area contributed by atoms with Crippen LogP contribution in [-0.4, -0.2) is 44.2 Å². The Labute approximate surface area is 204 Å². The molecule has 2 aromatic carbocycles. The number of nitrogens with one attached hydrogen (secondary N) is 1. The van der Waals surface area contributed by atoms with Crippen molar-refractivity contribution >= 4 is 11.6 Å². The van der Waals surface area contributed by atoms with Crippen molar-refractivity contribution in [3.05, 3.63) is 54.1 Å². The summed E-state index contributed by atoms with van der Waals surface area (Å²) in [4.78, 5) is 16.1. The van der Waals surface area contributed by atoms with Gasteiger partial charge < -0.3 is 19.7 Å². The van der Waals surface area contributed by atoms with E-state index in [0.29, 0.717) is 0 Å². The molecule has 34 heavy (non-hydrogen) atoms. The molecule has 184 valence electrons. The Morgan fingerprint density at radius 3 is 2.38 bits per heavy atom. The minimum Gasteiger partial charge on any atom is -0.497 e. The number of hydrogen-bond acceptors (Lipinski definition) is 4. The molecule has 1 unspecified atom stereocenters. The zero-order chi connectivity index (χ0) is 23.8. The number of piperidine rings is 1. The van der Waals surface area contributed by atoms with Gasteiger partial charge in [0.25, 0.3) is 0 Å². The Balaban J connectivity index is 1.31. The first-order valence-corrected chi connectivity index (χ1v) is 13.0. The maximum absolute atomic E-state index is 13.5. The van der Waals surface area contributed by atoms with E-state index in [1.165, 1.54) is 32.4 Å². The number of carbonyl (C=O) groups excluding carboxylic acids is 1. The van der Waals surface area contributed by atoms with Gasteiger partial charge in [-0.2, -0.15) is 0 Å². The third kappa shape index (κ3) is 6.12. The van der Waals surface area contributed by atoms with Crippen molar-refractivity contribution in [2.24, 2.45) is 5.92 Å². The van der Waals surface area contributed by atoms with E-state index in [1.807, 2.05) is 48.5 Å². The second kappa shape index (κ2) is 11.7. The standard InChI is InChI=1S/C29H40N2O3/c1-23-8-6-19-31(22-23)20-7-21-34-27-15-11-25(12-16-27)30-28(32)29(17-4-3-5-18-29)24-9-13-26(33-2)14-10-24/h9-16,23H,3-8,17-22H2,1-2H3,(H,30,32). The van der Waals surface area contributed by atoms with E-state index in [-0.39, 0.29) is 5.91 Å². The van der Waals surface area contributed by atoms with E-state index in [0.717, 1.165) is 73.9 Å². The lowest BCUT2D eigenvalue weighted by Crippen LogP contribution is -2.42. The van der Waals surface area contributed by atoms with Gasteiger partial charge in [0.1, 0.15) is 11.5 Å². The fourth-order valence-corrected chi connectivity index (χ4v) is 5.57. The molecular weight excluding hydrogens is 424 g/mol. The smallest absolute Gasteiger partial charge is 0.235 e. The van der Waals surface area contributed by atoms with Crippen molar-refractivity contribution in [1.82, 2.24) is 4.90 Å². The molecule has 5 heteroatoms. The third-order valence-corrected chi connectivity index (χ3v) is 7.53. The first kappa shape index (κ1) is 24.6. The number of methoxy groups -OCH3 is 1.